The van der Waals surface area contributed by atoms with Crippen molar-refractivity contribution in [1.29, 1.82) is 0 Å². The van der Waals surface area contributed by atoms with Crippen molar-refractivity contribution in [3.63, 3.8) is 0 Å². The zero-order valence-electron chi connectivity index (χ0n) is 10.5. The molecule has 0 amide bonds. The minimum absolute atomic E-state index is 0.366. The summed E-state index contributed by atoms with van der Waals surface area (Å²) in [6, 6.07) is 7.43. The molecule has 1 aromatic heterocycles. The maximum absolute atomic E-state index is 12.6. The van der Waals surface area contributed by atoms with Gasteiger partial charge in [-0.3, -0.25) is 0 Å². The quantitative estimate of drug-likeness (QED) is 0.824. The van der Waals surface area contributed by atoms with E-state index in [1.165, 1.54) is 15.6 Å². The number of rotatable bonds is 2. The van der Waals surface area contributed by atoms with Crippen LogP contribution in [0.1, 0.15) is 11.1 Å². The number of fused-ring (bicyclic) bond motifs is 1. The van der Waals surface area contributed by atoms with Crippen LogP contribution in [0, 0.1) is 0 Å². The summed E-state index contributed by atoms with van der Waals surface area (Å²) in [5, 5.41) is 1.77. The molecule has 1 aromatic carbocycles. The Bertz CT molecular complexity index is 755. The summed E-state index contributed by atoms with van der Waals surface area (Å²) in [5.41, 5.74) is 8.75. The van der Waals surface area contributed by atoms with Gasteiger partial charge in [-0.25, -0.2) is 8.42 Å². The molecule has 1 aliphatic rings. The first-order valence-electron chi connectivity index (χ1n) is 6.09. The van der Waals surface area contributed by atoms with Gasteiger partial charge < -0.3 is 5.73 Å². The van der Waals surface area contributed by atoms with E-state index in [4.69, 9.17) is 5.73 Å². The smallest absolute Gasteiger partial charge is 0.254 e. The fourth-order valence-corrected chi connectivity index (χ4v) is 6.27. The molecule has 106 valence electrons. The molecule has 0 saturated heterocycles. The minimum atomic E-state index is -3.44. The molecule has 1 aliphatic heterocycles. The van der Waals surface area contributed by atoms with Crippen molar-refractivity contribution < 1.29 is 8.42 Å². The average molecular weight is 373 g/mol. The third-order valence-electron chi connectivity index (χ3n) is 3.43. The second-order valence-corrected chi connectivity index (χ2v) is 8.53. The Kier molecular flexibility index (Phi) is 3.62. The van der Waals surface area contributed by atoms with Gasteiger partial charge in [-0.15, -0.1) is 11.3 Å². The van der Waals surface area contributed by atoms with E-state index >= 15 is 0 Å². The Morgan fingerprint density at radius 3 is 2.80 bits per heavy atom. The van der Waals surface area contributed by atoms with E-state index in [0.717, 1.165) is 16.8 Å². The molecule has 0 spiro atoms. The summed E-state index contributed by atoms with van der Waals surface area (Å²) >= 11 is 4.53. The lowest BCUT2D eigenvalue weighted by molar-refractivity contribution is 0.392. The Morgan fingerprint density at radius 1 is 1.30 bits per heavy atom. The summed E-state index contributed by atoms with van der Waals surface area (Å²) in [6.07, 6.45) is 0.657. The van der Waals surface area contributed by atoms with Crippen molar-refractivity contribution in [1.82, 2.24) is 4.31 Å². The maximum atomic E-state index is 12.6. The van der Waals surface area contributed by atoms with Crippen molar-refractivity contribution in [3.8, 4) is 0 Å². The fourth-order valence-electron chi connectivity index (χ4n) is 2.40. The van der Waals surface area contributed by atoms with Crippen LogP contribution in [-0.2, 0) is 23.0 Å². The molecule has 20 heavy (non-hydrogen) atoms. The molecule has 7 heteroatoms. The summed E-state index contributed by atoms with van der Waals surface area (Å²) in [4.78, 5) is 0. The lowest BCUT2D eigenvalue weighted by Gasteiger charge is -2.28. The largest absolute Gasteiger partial charge is 0.398 e. The predicted molar refractivity (Wildman–Crippen MR) is 84.2 cm³/mol. The Labute approximate surface area is 130 Å². The molecule has 0 saturated carbocycles. The Morgan fingerprint density at radius 2 is 2.10 bits per heavy atom. The monoisotopic (exact) mass is 372 g/mol. The molecule has 0 atom stereocenters. The number of halogens is 1. The molecule has 0 bridgehead atoms. The highest BCUT2D eigenvalue weighted by Crippen LogP contribution is 2.33. The molecule has 2 heterocycles. The SMILES string of the molecule is Nc1cccc2c1CCN(S(=O)(=O)c1sccc1Br)C2. The molecule has 0 radical (unpaired) electrons. The summed E-state index contributed by atoms with van der Waals surface area (Å²) in [5.74, 6) is 0. The molecule has 0 aliphatic carbocycles. The first kappa shape index (κ1) is 14.1. The number of hydrogen-bond donors (Lipinski definition) is 1. The first-order valence-corrected chi connectivity index (χ1v) is 9.21. The van der Waals surface area contributed by atoms with Crippen LogP contribution in [0.2, 0.25) is 0 Å². The summed E-state index contributed by atoms with van der Waals surface area (Å²) in [6.45, 7) is 0.848. The van der Waals surface area contributed by atoms with Crippen molar-refractivity contribution in [2.45, 2.75) is 17.2 Å². The normalized spacial score (nSPS) is 16.1. The van der Waals surface area contributed by atoms with E-state index in [0.29, 0.717) is 28.2 Å². The second kappa shape index (κ2) is 5.14. The average Bonchev–Trinajstić information content (AvgIpc) is 2.85. The predicted octanol–water partition coefficient (Wildman–Crippen LogP) is 2.84. The second-order valence-electron chi connectivity index (χ2n) is 4.63. The first-order chi connectivity index (χ1) is 9.50. The molecule has 4 nitrogen and oxygen atoms in total. The topological polar surface area (TPSA) is 63.4 Å². The van der Waals surface area contributed by atoms with Gasteiger partial charge in [-0.1, -0.05) is 12.1 Å². The van der Waals surface area contributed by atoms with Crippen molar-refractivity contribution in [2.24, 2.45) is 0 Å². The van der Waals surface area contributed by atoms with Crippen molar-refractivity contribution in [3.05, 3.63) is 45.2 Å². The molecule has 0 fully saturated rings. The summed E-state index contributed by atoms with van der Waals surface area (Å²) < 4.78 is 27.8. The fraction of sp³-hybridized carbons (Fsp3) is 0.231. The van der Waals surface area contributed by atoms with Crippen LogP contribution in [0.5, 0.6) is 0 Å². The van der Waals surface area contributed by atoms with Crippen LogP contribution in [-0.4, -0.2) is 19.3 Å². The van der Waals surface area contributed by atoms with Gasteiger partial charge in [-0.05, 0) is 51.0 Å². The van der Waals surface area contributed by atoms with Gasteiger partial charge >= 0.3 is 0 Å². The Hall–Kier alpha value is -0.890. The molecule has 3 rings (SSSR count). The number of thiophene rings is 1. The van der Waals surface area contributed by atoms with Gasteiger partial charge in [-0.2, -0.15) is 4.31 Å². The molecule has 2 N–H and O–H groups in total. The van der Waals surface area contributed by atoms with Crippen LogP contribution in [0.4, 0.5) is 5.69 Å². The van der Waals surface area contributed by atoms with Crippen LogP contribution in [0.25, 0.3) is 0 Å². The van der Waals surface area contributed by atoms with Crippen molar-refractivity contribution in [2.75, 3.05) is 12.3 Å². The number of hydrogen-bond acceptors (Lipinski definition) is 4. The minimum Gasteiger partial charge on any atom is -0.398 e. The number of anilines is 1. The molecule has 2 aromatic rings. The third-order valence-corrected chi connectivity index (χ3v) is 7.92. The van der Waals surface area contributed by atoms with Gasteiger partial charge in [0.15, 0.2) is 0 Å². The number of sulfonamides is 1. The standard InChI is InChI=1S/C13H13BrN2O2S2/c14-11-5-7-19-13(11)20(17,18)16-6-4-10-9(8-16)2-1-3-12(10)15/h1-3,5,7H,4,6,8,15H2. The highest BCUT2D eigenvalue weighted by Gasteiger charge is 2.31. The lowest BCUT2D eigenvalue weighted by atomic mass is 9.99. The molecular formula is C13H13BrN2O2S2. The van der Waals surface area contributed by atoms with Crippen LogP contribution < -0.4 is 5.73 Å². The van der Waals surface area contributed by atoms with Crippen LogP contribution in [0.3, 0.4) is 0 Å². The van der Waals surface area contributed by atoms with Crippen molar-refractivity contribution >= 4 is 43.0 Å². The van der Waals surface area contributed by atoms with Gasteiger partial charge in [0.1, 0.15) is 4.21 Å². The molecule has 0 unspecified atom stereocenters. The van der Waals surface area contributed by atoms with Crippen LogP contribution in [0.15, 0.2) is 38.3 Å². The lowest BCUT2D eigenvalue weighted by Crippen LogP contribution is -2.36. The van der Waals surface area contributed by atoms with Gasteiger partial charge in [0.2, 0.25) is 0 Å². The van der Waals surface area contributed by atoms with E-state index in [2.05, 4.69) is 15.9 Å². The highest BCUT2D eigenvalue weighted by atomic mass is 79.9. The maximum Gasteiger partial charge on any atom is 0.254 e. The van der Waals surface area contributed by atoms with Gasteiger partial charge in [0.25, 0.3) is 10.0 Å². The third kappa shape index (κ3) is 2.28. The Balaban J connectivity index is 1.97. The zero-order valence-corrected chi connectivity index (χ0v) is 13.8. The van der Waals surface area contributed by atoms with E-state index in [9.17, 15) is 8.42 Å². The van der Waals surface area contributed by atoms with Gasteiger partial charge in [0.05, 0.1) is 0 Å². The van der Waals surface area contributed by atoms with Crippen LogP contribution >= 0.6 is 27.3 Å². The van der Waals surface area contributed by atoms with E-state index < -0.39 is 10.0 Å². The zero-order chi connectivity index (χ0) is 14.3. The summed E-state index contributed by atoms with van der Waals surface area (Å²) in [7, 11) is -3.44. The number of nitrogens with two attached hydrogens (primary N) is 1. The highest BCUT2D eigenvalue weighted by molar-refractivity contribution is 9.10. The van der Waals surface area contributed by atoms with E-state index in [-0.39, 0.29) is 0 Å². The molecular weight excluding hydrogens is 360 g/mol. The van der Waals surface area contributed by atoms with E-state index in [1.54, 1.807) is 11.4 Å². The van der Waals surface area contributed by atoms with Gasteiger partial charge in [0, 0.05) is 23.2 Å². The number of nitrogens with zero attached hydrogens (tertiary/aromatic N) is 1. The number of benzene rings is 1. The number of nitrogen functional groups attached to an aromatic ring is 1. The van der Waals surface area contributed by atoms with E-state index in [1.807, 2.05) is 18.2 Å².